The maximum atomic E-state index is 5.47. The molecule has 0 aliphatic carbocycles. The normalized spacial score (nSPS) is 27.4. The third-order valence-corrected chi connectivity index (χ3v) is 2.78. The van der Waals surface area contributed by atoms with Crippen molar-refractivity contribution < 1.29 is 14.2 Å². The van der Waals surface area contributed by atoms with Crippen LogP contribution in [0.2, 0.25) is 0 Å². The second-order valence-corrected chi connectivity index (χ2v) is 3.68. The summed E-state index contributed by atoms with van der Waals surface area (Å²) in [6.07, 6.45) is 1.39. The van der Waals surface area contributed by atoms with Gasteiger partial charge in [0.2, 0.25) is 0 Å². The molecule has 2 atom stereocenters. The lowest BCUT2D eigenvalue weighted by atomic mass is 10.0. The Balaban J connectivity index is 2.08. The highest BCUT2D eigenvalue weighted by atomic mass is 16.7. The van der Waals surface area contributed by atoms with Gasteiger partial charge in [0, 0.05) is 33.9 Å². The predicted octanol–water partition coefficient (Wildman–Crippen LogP) is 0.620. The van der Waals surface area contributed by atoms with Gasteiger partial charge in [-0.3, -0.25) is 0 Å². The van der Waals surface area contributed by atoms with Crippen LogP contribution in [0.3, 0.4) is 0 Å². The fourth-order valence-corrected chi connectivity index (χ4v) is 1.69. The smallest absolute Gasteiger partial charge is 0.169 e. The number of hydrogen-bond donors (Lipinski definition) is 1. The predicted molar refractivity (Wildman–Crippen MR) is 54.2 cm³/mol. The number of rotatable bonds is 6. The Labute approximate surface area is 85.9 Å². The average molecular weight is 203 g/mol. The molecule has 0 saturated carbocycles. The third kappa shape index (κ3) is 3.53. The second-order valence-electron chi connectivity index (χ2n) is 3.68. The molecule has 2 unspecified atom stereocenters. The van der Waals surface area contributed by atoms with Gasteiger partial charge in [-0.2, -0.15) is 0 Å². The highest BCUT2D eigenvalue weighted by Crippen LogP contribution is 2.19. The lowest BCUT2D eigenvalue weighted by Crippen LogP contribution is -2.34. The Kier molecular flexibility index (Phi) is 5.40. The molecule has 84 valence electrons. The molecule has 1 N–H and O–H groups in total. The largest absolute Gasteiger partial charge is 0.378 e. The van der Waals surface area contributed by atoms with Crippen molar-refractivity contribution in [3.05, 3.63) is 0 Å². The minimum atomic E-state index is -0.146. The van der Waals surface area contributed by atoms with Crippen molar-refractivity contribution in [3.8, 4) is 0 Å². The molecule has 1 saturated heterocycles. The SMILES string of the molecule is COC(CNCC1CCOC1C)OC. The summed E-state index contributed by atoms with van der Waals surface area (Å²) in [7, 11) is 3.30. The van der Waals surface area contributed by atoms with Crippen LogP contribution in [0.5, 0.6) is 0 Å². The van der Waals surface area contributed by atoms with E-state index in [0.29, 0.717) is 12.0 Å². The van der Waals surface area contributed by atoms with E-state index in [1.807, 2.05) is 0 Å². The Hall–Kier alpha value is -0.160. The molecular formula is C10H21NO3. The summed E-state index contributed by atoms with van der Waals surface area (Å²) in [6.45, 7) is 4.73. The summed E-state index contributed by atoms with van der Waals surface area (Å²) in [5.41, 5.74) is 0. The Morgan fingerprint density at radius 3 is 2.64 bits per heavy atom. The minimum absolute atomic E-state index is 0.146. The highest BCUT2D eigenvalue weighted by molar-refractivity contribution is 4.74. The third-order valence-electron chi connectivity index (χ3n) is 2.78. The van der Waals surface area contributed by atoms with Gasteiger partial charge in [0.05, 0.1) is 6.10 Å². The number of ether oxygens (including phenoxy) is 3. The molecule has 0 amide bonds. The summed E-state index contributed by atoms with van der Waals surface area (Å²) >= 11 is 0. The van der Waals surface area contributed by atoms with Gasteiger partial charge in [0.1, 0.15) is 0 Å². The topological polar surface area (TPSA) is 39.7 Å². The zero-order chi connectivity index (χ0) is 10.4. The molecule has 1 heterocycles. The van der Waals surface area contributed by atoms with Crippen molar-refractivity contribution in [3.63, 3.8) is 0 Å². The summed E-state index contributed by atoms with van der Waals surface area (Å²) < 4.78 is 15.6. The molecule has 1 aliphatic rings. The van der Waals surface area contributed by atoms with Crippen molar-refractivity contribution >= 4 is 0 Å². The van der Waals surface area contributed by atoms with Crippen LogP contribution in [0.4, 0.5) is 0 Å². The summed E-state index contributed by atoms with van der Waals surface area (Å²) in [6, 6.07) is 0. The molecular weight excluding hydrogens is 182 g/mol. The fraction of sp³-hybridized carbons (Fsp3) is 1.00. The quantitative estimate of drug-likeness (QED) is 0.642. The fourth-order valence-electron chi connectivity index (χ4n) is 1.69. The van der Waals surface area contributed by atoms with Gasteiger partial charge < -0.3 is 19.5 Å². The monoisotopic (exact) mass is 203 g/mol. The van der Waals surface area contributed by atoms with E-state index in [2.05, 4.69) is 12.2 Å². The van der Waals surface area contributed by atoms with E-state index in [-0.39, 0.29) is 6.29 Å². The van der Waals surface area contributed by atoms with Gasteiger partial charge in [-0.05, 0) is 19.3 Å². The minimum Gasteiger partial charge on any atom is -0.378 e. The summed E-state index contributed by atoms with van der Waals surface area (Å²) in [4.78, 5) is 0. The second kappa shape index (κ2) is 6.35. The first-order valence-corrected chi connectivity index (χ1v) is 5.15. The van der Waals surface area contributed by atoms with Crippen molar-refractivity contribution in [2.24, 2.45) is 5.92 Å². The molecule has 0 aromatic rings. The first kappa shape index (κ1) is 11.9. The molecule has 4 nitrogen and oxygen atoms in total. The van der Waals surface area contributed by atoms with Gasteiger partial charge in [0.25, 0.3) is 0 Å². The van der Waals surface area contributed by atoms with Crippen molar-refractivity contribution in [2.45, 2.75) is 25.7 Å². The van der Waals surface area contributed by atoms with Crippen molar-refractivity contribution in [1.82, 2.24) is 5.32 Å². The van der Waals surface area contributed by atoms with E-state index >= 15 is 0 Å². The van der Waals surface area contributed by atoms with E-state index in [9.17, 15) is 0 Å². The van der Waals surface area contributed by atoms with Gasteiger partial charge in [-0.15, -0.1) is 0 Å². The summed E-state index contributed by atoms with van der Waals surface area (Å²) in [5, 5.41) is 3.33. The van der Waals surface area contributed by atoms with Crippen LogP contribution in [-0.4, -0.2) is 46.3 Å². The molecule has 0 bridgehead atoms. The molecule has 1 aliphatic heterocycles. The van der Waals surface area contributed by atoms with Crippen LogP contribution in [-0.2, 0) is 14.2 Å². The zero-order valence-corrected chi connectivity index (χ0v) is 9.29. The Morgan fingerprint density at radius 1 is 1.43 bits per heavy atom. The molecule has 14 heavy (non-hydrogen) atoms. The van der Waals surface area contributed by atoms with Crippen LogP contribution in [0.25, 0.3) is 0 Å². The highest BCUT2D eigenvalue weighted by Gasteiger charge is 2.23. The maximum Gasteiger partial charge on any atom is 0.169 e. The van der Waals surface area contributed by atoms with E-state index in [1.54, 1.807) is 14.2 Å². The van der Waals surface area contributed by atoms with Crippen LogP contribution in [0.1, 0.15) is 13.3 Å². The number of hydrogen-bond acceptors (Lipinski definition) is 4. The molecule has 1 fully saturated rings. The van der Waals surface area contributed by atoms with Crippen molar-refractivity contribution in [1.29, 1.82) is 0 Å². The summed E-state index contributed by atoms with van der Waals surface area (Å²) in [5.74, 6) is 0.629. The van der Waals surface area contributed by atoms with Gasteiger partial charge in [-0.1, -0.05) is 0 Å². The van der Waals surface area contributed by atoms with Crippen LogP contribution in [0.15, 0.2) is 0 Å². The lowest BCUT2D eigenvalue weighted by Gasteiger charge is -2.18. The van der Waals surface area contributed by atoms with Crippen LogP contribution in [0, 0.1) is 5.92 Å². The molecule has 0 aromatic carbocycles. The molecule has 4 heteroatoms. The van der Waals surface area contributed by atoms with E-state index in [1.165, 1.54) is 0 Å². The van der Waals surface area contributed by atoms with E-state index < -0.39 is 0 Å². The van der Waals surface area contributed by atoms with Gasteiger partial charge >= 0.3 is 0 Å². The first-order chi connectivity index (χ1) is 6.77. The molecule has 0 radical (unpaired) electrons. The van der Waals surface area contributed by atoms with E-state index in [4.69, 9.17) is 14.2 Å². The maximum absolute atomic E-state index is 5.47. The van der Waals surface area contributed by atoms with Crippen molar-refractivity contribution in [2.75, 3.05) is 33.9 Å². The number of nitrogens with one attached hydrogen (secondary N) is 1. The van der Waals surface area contributed by atoms with Crippen LogP contribution < -0.4 is 5.32 Å². The molecule has 1 rings (SSSR count). The van der Waals surface area contributed by atoms with E-state index in [0.717, 1.165) is 26.1 Å². The Morgan fingerprint density at radius 2 is 2.14 bits per heavy atom. The zero-order valence-electron chi connectivity index (χ0n) is 9.29. The lowest BCUT2D eigenvalue weighted by molar-refractivity contribution is -0.0991. The Bertz CT molecular complexity index is 150. The van der Waals surface area contributed by atoms with Crippen LogP contribution >= 0.6 is 0 Å². The van der Waals surface area contributed by atoms with Gasteiger partial charge in [-0.25, -0.2) is 0 Å². The standard InChI is InChI=1S/C10H21NO3/c1-8-9(4-5-14-8)6-11-7-10(12-2)13-3/h8-11H,4-7H2,1-3H3. The molecule has 0 spiro atoms. The first-order valence-electron chi connectivity index (χ1n) is 5.15. The van der Waals surface area contributed by atoms with Gasteiger partial charge in [0.15, 0.2) is 6.29 Å². The average Bonchev–Trinajstić information content (AvgIpc) is 2.59. The molecule has 0 aromatic heterocycles. The number of methoxy groups -OCH3 is 2.